The van der Waals surface area contributed by atoms with Gasteiger partial charge in [0, 0.05) is 5.56 Å². The maximum Gasteiger partial charge on any atom is 0.252 e. The number of carbonyl (C=O) groups is 1. The van der Waals surface area contributed by atoms with Crippen LogP contribution < -0.4 is 0 Å². The molecule has 0 radical (unpaired) electrons. The summed E-state index contributed by atoms with van der Waals surface area (Å²) in [5.74, 6) is 0. The van der Waals surface area contributed by atoms with Crippen LogP contribution in [0.5, 0.6) is 0 Å². The SMILES string of the molecule is CCc1ccc(CC)c(C(=O)Cl)c1. The summed E-state index contributed by atoms with van der Waals surface area (Å²) in [4.78, 5) is 11.1. The van der Waals surface area contributed by atoms with E-state index >= 15 is 0 Å². The van der Waals surface area contributed by atoms with E-state index in [0.29, 0.717) is 5.56 Å². The Bertz CT molecular complexity index is 318. The highest BCUT2D eigenvalue weighted by Gasteiger charge is 2.07. The molecule has 1 aromatic carbocycles. The van der Waals surface area contributed by atoms with Gasteiger partial charge < -0.3 is 0 Å². The summed E-state index contributed by atoms with van der Waals surface area (Å²) < 4.78 is 0. The Kier molecular flexibility index (Phi) is 3.49. The molecule has 0 saturated carbocycles. The Morgan fingerprint density at radius 2 is 2.00 bits per heavy atom. The number of hydrogen-bond donors (Lipinski definition) is 0. The quantitative estimate of drug-likeness (QED) is 0.679. The largest absolute Gasteiger partial charge is 0.276 e. The Hall–Kier alpha value is -0.820. The van der Waals surface area contributed by atoms with Crippen molar-refractivity contribution in [1.82, 2.24) is 0 Å². The summed E-state index contributed by atoms with van der Waals surface area (Å²) in [5, 5.41) is -0.354. The molecule has 0 bridgehead atoms. The van der Waals surface area contributed by atoms with Gasteiger partial charge in [-0.15, -0.1) is 0 Å². The zero-order valence-corrected chi connectivity index (χ0v) is 8.69. The molecule has 13 heavy (non-hydrogen) atoms. The highest BCUT2D eigenvalue weighted by Crippen LogP contribution is 2.15. The third-order valence-corrected chi connectivity index (χ3v) is 2.38. The van der Waals surface area contributed by atoms with Crippen LogP contribution in [-0.2, 0) is 12.8 Å². The maximum atomic E-state index is 11.1. The van der Waals surface area contributed by atoms with Crippen LogP contribution in [0.15, 0.2) is 18.2 Å². The van der Waals surface area contributed by atoms with E-state index in [2.05, 4.69) is 6.92 Å². The summed E-state index contributed by atoms with van der Waals surface area (Å²) in [6, 6.07) is 5.91. The fourth-order valence-corrected chi connectivity index (χ4v) is 1.51. The predicted molar refractivity (Wildman–Crippen MR) is 55.4 cm³/mol. The van der Waals surface area contributed by atoms with Gasteiger partial charge in [-0.25, -0.2) is 0 Å². The van der Waals surface area contributed by atoms with Crippen LogP contribution in [0, 0.1) is 0 Å². The molecule has 0 saturated heterocycles. The van der Waals surface area contributed by atoms with Crippen LogP contribution in [-0.4, -0.2) is 5.24 Å². The van der Waals surface area contributed by atoms with Crippen LogP contribution in [0.3, 0.4) is 0 Å². The minimum Gasteiger partial charge on any atom is -0.276 e. The van der Waals surface area contributed by atoms with E-state index in [0.717, 1.165) is 24.0 Å². The monoisotopic (exact) mass is 196 g/mol. The number of rotatable bonds is 3. The molecule has 0 atom stereocenters. The van der Waals surface area contributed by atoms with E-state index in [1.807, 2.05) is 25.1 Å². The molecule has 0 aliphatic heterocycles. The first-order valence-electron chi connectivity index (χ1n) is 4.50. The van der Waals surface area contributed by atoms with Crippen LogP contribution in [0.1, 0.15) is 35.3 Å². The Balaban J connectivity index is 3.18. The number of aryl methyl sites for hydroxylation is 2. The number of carbonyl (C=O) groups excluding carboxylic acids is 1. The van der Waals surface area contributed by atoms with E-state index in [4.69, 9.17) is 11.6 Å². The van der Waals surface area contributed by atoms with E-state index in [-0.39, 0.29) is 5.24 Å². The molecule has 70 valence electrons. The molecule has 0 aromatic heterocycles. The van der Waals surface area contributed by atoms with Gasteiger partial charge in [0.2, 0.25) is 0 Å². The Morgan fingerprint density at radius 1 is 1.31 bits per heavy atom. The van der Waals surface area contributed by atoms with Gasteiger partial charge in [0.25, 0.3) is 5.24 Å². The van der Waals surface area contributed by atoms with Gasteiger partial charge in [0.15, 0.2) is 0 Å². The van der Waals surface area contributed by atoms with Crippen molar-refractivity contribution in [1.29, 1.82) is 0 Å². The molecule has 0 aliphatic carbocycles. The van der Waals surface area contributed by atoms with Gasteiger partial charge >= 0.3 is 0 Å². The van der Waals surface area contributed by atoms with Crippen molar-refractivity contribution in [2.75, 3.05) is 0 Å². The standard InChI is InChI=1S/C11H13ClO/c1-3-8-5-6-9(4-2)10(7-8)11(12)13/h5-7H,3-4H2,1-2H3. The van der Waals surface area contributed by atoms with Crippen LogP contribution in [0.25, 0.3) is 0 Å². The second kappa shape index (κ2) is 4.43. The molecular formula is C11H13ClO. The molecule has 0 fully saturated rings. The lowest BCUT2D eigenvalue weighted by molar-refractivity contribution is 0.108. The fourth-order valence-electron chi connectivity index (χ4n) is 1.33. The van der Waals surface area contributed by atoms with Crippen LogP contribution in [0.2, 0.25) is 0 Å². The molecule has 1 aromatic rings. The lowest BCUT2D eigenvalue weighted by Gasteiger charge is -2.05. The van der Waals surface area contributed by atoms with Crippen molar-refractivity contribution in [3.8, 4) is 0 Å². The molecule has 0 unspecified atom stereocenters. The maximum absolute atomic E-state index is 11.1. The summed E-state index contributed by atoms with van der Waals surface area (Å²) in [5.41, 5.74) is 2.84. The number of hydrogen-bond acceptors (Lipinski definition) is 1. The Labute approximate surface area is 83.7 Å². The summed E-state index contributed by atoms with van der Waals surface area (Å²) in [6.07, 6.45) is 1.78. The smallest absolute Gasteiger partial charge is 0.252 e. The van der Waals surface area contributed by atoms with Crippen LogP contribution >= 0.6 is 11.6 Å². The van der Waals surface area contributed by atoms with E-state index in [1.165, 1.54) is 0 Å². The summed E-state index contributed by atoms with van der Waals surface area (Å²) in [6.45, 7) is 4.08. The van der Waals surface area contributed by atoms with E-state index in [9.17, 15) is 4.79 Å². The van der Waals surface area contributed by atoms with E-state index in [1.54, 1.807) is 0 Å². The van der Waals surface area contributed by atoms with Gasteiger partial charge in [-0.3, -0.25) is 4.79 Å². The summed E-state index contributed by atoms with van der Waals surface area (Å²) >= 11 is 5.48. The van der Waals surface area contributed by atoms with Crippen molar-refractivity contribution >= 4 is 16.8 Å². The lowest BCUT2D eigenvalue weighted by atomic mass is 10.0. The molecule has 0 amide bonds. The highest BCUT2D eigenvalue weighted by atomic mass is 35.5. The van der Waals surface area contributed by atoms with Crippen molar-refractivity contribution in [2.45, 2.75) is 26.7 Å². The third kappa shape index (κ3) is 2.31. The zero-order chi connectivity index (χ0) is 9.84. The van der Waals surface area contributed by atoms with Crippen LogP contribution in [0.4, 0.5) is 0 Å². The average molecular weight is 197 g/mol. The molecule has 1 rings (SSSR count). The van der Waals surface area contributed by atoms with Crippen molar-refractivity contribution < 1.29 is 4.79 Å². The lowest BCUT2D eigenvalue weighted by Crippen LogP contribution is -1.97. The number of halogens is 1. The molecule has 0 N–H and O–H groups in total. The van der Waals surface area contributed by atoms with Gasteiger partial charge in [0.05, 0.1) is 0 Å². The number of benzene rings is 1. The fraction of sp³-hybridized carbons (Fsp3) is 0.364. The van der Waals surface area contributed by atoms with Gasteiger partial charge in [-0.2, -0.15) is 0 Å². The molecule has 0 heterocycles. The predicted octanol–water partition coefficient (Wildman–Crippen LogP) is 3.19. The van der Waals surface area contributed by atoms with Crippen molar-refractivity contribution in [3.05, 3.63) is 34.9 Å². The first-order valence-corrected chi connectivity index (χ1v) is 4.88. The first-order chi connectivity index (χ1) is 6.19. The van der Waals surface area contributed by atoms with Gasteiger partial charge in [-0.05, 0) is 41.6 Å². The minimum atomic E-state index is -0.354. The molecule has 0 spiro atoms. The molecule has 0 aliphatic rings. The average Bonchev–Trinajstić information content (AvgIpc) is 2.16. The normalized spacial score (nSPS) is 10.1. The molecule has 2 heteroatoms. The topological polar surface area (TPSA) is 17.1 Å². The van der Waals surface area contributed by atoms with Gasteiger partial charge in [0.1, 0.15) is 0 Å². The second-order valence-corrected chi connectivity index (χ2v) is 3.32. The third-order valence-electron chi connectivity index (χ3n) is 2.18. The zero-order valence-electron chi connectivity index (χ0n) is 7.93. The molecular weight excluding hydrogens is 184 g/mol. The minimum absolute atomic E-state index is 0.354. The Morgan fingerprint density at radius 3 is 2.46 bits per heavy atom. The van der Waals surface area contributed by atoms with E-state index < -0.39 is 0 Å². The first kappa shape index (κ1) is 10.3. The van der Waals surface area contributed by atoms with Crippen molar-refractivity contribution in [2.24, 2.45) is 0 Å². The van der Waals surface area contributed by atoms with Crippen molar-refractivity contribution in [3.63, 3.8) is 0 Å². The molecule has 1 nitrogen and oxygen atoms in total. The second-order valence-electron chi connectivity index (χ2n) is 2.97. The summed E-state index contributed by atoms with van der Waals surface area (Å²) in [7, 11) is 0. The van der Waals surface area contributed by atoms with Gasteiger partial charge in [-0.1, -0.05) is 26.0 Å². The highest BCUT2D eigenvalue weighted by molar-refractivity contribution is 6.67.